The molecule has 0 spiro atoms. The van der Waals surface area contributed by atoms with Gasteiger partial charge in [0.15, 0.2) is 5.82 Å². The van der Waals surface area contributed by atoms with Crippen LogP contribution in [0.25, 0.3) is 0 Å². The number of aromatic nitrogens is 3. The van der Waals surface area contributed by atoms with Gasteiger partial charge in [-0.05, 0) is 18.6 Å². The summed E-state index contributed by atoms with van der Waals surface area (Å²) < 4.78 is 28.0. The van der Waals surface area contributed by atoms with Crippen molar-refractivity contribution in [3.63, 3.8) is 0 Å². The predicted molar refractivity (Wildman–Crippen MR) is 60.8 cm³/mol. The monoisotopic (exact) mass is 253 g/mol. The second-order valence-electron chi connectivity index (χ2n) is 3.85. The van der Waals surface area contributed by atoms with Crippen LogP contribution in [-0.2, 0) is 19.6 Å². The van der Waals surface area contributed by atoms with Crippen LogP contribution < -0.4 is 0 Å². The van der Waals surface area contributed by atoms with E-state index in [0.717, 1.165) is 6.07 Å². The Kier molecular flexibility index (Phi) is 3.66. The van der Waals surface area contributed by atoms with Crippen molar-refractivity contribution in [2.75, 3.05) is 0 Å². The van der Waals surface area contributed by atoms with Gasteiger partial charge in [0.05, 0.1) is 0 Å². The molecule has 0 atom stereocenters. The molecule has 0 saturated carbocycles. The molecule has 0 saturated heterocycles. The number of benzene rings is 1. The first-order valence-corrected chi connectivity index (χ1v) is 5.61. The summed E-state index contributed by atoms with van der Waals surface area (Å²) in [5.74, 6) is -0.225. The lowest BCUT2D eigenvalue weighted by atomic mass is 10.1. The minimum absolute atomic E-state index is 0.215. The van der Waals surface area contributed by atoms with Gasteiger partial charge in [0, 0.05) is 19.0 Å². The maximum atomic E-state index is 13.5. The molecule has 1 aromatic carbocycles. The fourth-order valence-electron chi connectivity index (χ4n) is 1.82. The van der Waals surface area contributed by atoms with Crippen molar-refractivity contribution in [1.29, 1.82) is 0 Å². The van der Waals surface area contributed by atoms with Crippen LogP contribution in [0.5, 0.6) is 0 Å². The van der Waals surface area contributed by atoms with E-state index in [1.165, 1.54) is 12.1 Å². The van der Waals surface area contributed by atoms with E-state index in [9.17, 15) is 8.78 Å². The van der Waals surface area contributed by atoms with Crippen molar-refractivity contribution in [1.82, 2.24) is 14.8 Å². The van der Waals surface area contributed by atoms with Gasteiger partial charge in [0.1, 0.15) is 24.1 Å². The molecule has 0 aliphatic rings. The van der Waals surface area contributed by atoms with E-state index in [0.29, 0.717) is 23.8 Å². The van der Waals surface area contributed by atoms with Crippen LogP contribution >= 0.6 is 0 Å². The Hall–Kier alpha value is -1.82. The lowest BCUT2D eigenvalue weighted by molar-refractivity contribution is 0.264. The van der Waals surface area contributed by atoms with E-state index in [1.54, 1.807) is 4.57 Å². The smallest absolute Gasteiger partial charge is 0.158 e. The second-order valence-corrected chi connectivity index (χ2v) is 3.85. The Bertz CT molecular complexity index is 554. The van der Waals surface area contributed by atoms with E-state index in [-0.39, 0.29) is 13.0 Å². The highest BCUT2D eigenvalue weighted by molar-refractivity contribution is 5.22. The number of halogens is 2. The van der Waals surface area contributed by atoms with E-state index < -0.39 is 11.6 Å². The van der Waals surface area contributed by atoms with E-state index >= 15 is 0 Å². The molecular weight excluding hydrogens is 240 g/mol. The van der Waals surface area contributed by atoms with Crippen LogP contribution in [0, 0.1) is 11.6 Å². The first kappa shape index (κ1) is 12.6. The number of hydrogen-bond acceptors (Lipinski definition) is 3. The van der Waals surface area contributed by atoms with Gasteiger partial charge in [-0.1, -0.05) is 6.07 Å². The summed E-state index contributed by atoms with van der Waals surface area (Å²) in [6, 6.07) is 3.44. The quantitative estimate of drug-likeness (QED) is 0.901. The van der Waals surface area contributed by atoms with Crippen LogP contribution in [0.2, 0.25) is 0 Å². The average Bonchev–Trinajstić information content (AvgIpc) is 2.74. The third-order valence-corrected chi connectivity index (χ3v) is 2.73. The number of hydrogen-bond donors (Lipinski definition) is 1. The lowest BCUT2D eigenvalue weighted by Gasteiger charge is -2.06. The standard InChI is InChI=1S/C12H13F2N3O/c1-2-17-11(15-16-12(17)7-18)5-8-3-4-9(13)6-10(8)14/h3-4,6,18H,2,5,7H2,1H3. The number of rotatable bonds is 4. The average molecular weight is 253 g/mol. The van der Waals surface area contributed by atoms with Crippen molar-refractivity contribution in [2.45, 2.75) is 26.5 Å². The topological polar surface area (TPSA) is 50.9 Å². The first-order chi connectivity index (χ1) is 8.65. The Morgan fingerprint density at radius 2 is 1.94 bits per heavy atom. The number of aliphatic hydroxyl groups is 1. The molecule has 0 unspecified atom stereocenters. The molecular formula is C12H13F2N3O. The molecule has 0 amide bonds. The fraction of sp³-hybridized carbons (Fsp3) is 0.333. The number of aliphatic hydroxyl groups excluding tert-OH is 1. The Labute approximate surface area is 103 Å². The summed E-state index contributed by atoms with van der Waals surface area (Å²) in [5.41, 5.74) is 0.350. The highest BCUT2D eigenvalue weighted by atomic mass is 19.1. The van der Waals surface area contributed by atoms with Crippen molar-refractivity contribution in [2.24, 2.45) is 0 Å². The molecule has 18 heavy (non-hydrogen) atoms. The minimum Gasteiger partial charge on any atom is -0.388 e. The second kappa shape index (κ2) is 5.22. The van der Waals surface area contributed by atoms with Gasteiger partial charge in [0.2, 0.25) is 0 Å². The maximum Gasteiger partial charge on any atom is 0.158 e. The molecule has 96 valence electrons. The van der Waals surface area contributed by atoms with E-state index in [4.69, 9.17) is 5.11 Å². The summed E-state index contributed by atoms with van der Waals surface area (Å²) in [6.07, 6.45) is 0.215. The Morgan fingerprint density at radius 1 is 1.22 bits per heavy atom. The van der Waals surface area contributed by atoms with E-state index in [1.807, 2.05) is 6.92 Å². The first-order valence-electron chi connectivity index (χ1n) is 5.61. The molecule has 4 nitrogen and oxygen atoms in total. The van der Waals surface area contributed by atoms with Crippen molar-refractivity contribution < 1.29 is 13.9 Å². The van der Waals surface area contributed by atoms with Gasteiger partial charge < -0.3 is 9.67 Å². The molecule has 0 aliphatic carbocycles. The third kappa shape index (κ3) is 2.38. The number of nitrogens with zero attached hydrogens (tertiary/aromatic N) is 3. The summed E-state index contributed by atoms with van der Waals surface area (Å²) in [5, 5.41) is 16.8. The van der Waals surface area contributed by atoms with Crippen LogP contribution in [0.3, 0.4) is 0 Å². The largest absolute Gasteiger partial charge is 0.388 e. The predicted octanol–water partition coefficient (Wildman–Crippen LogP) is 1.66. The van der Waals surface area contributed by atoms with Gasteiger partial charge in [-0.15, -0.1) is 10.2 Å². The van der Waals surface area contributed by atoms with Crippen LogP contribution in [0.4, 0.5) is 8.78 Å². The van der Waals surface area contributed by atoms with Gasteiger partial charge in [-0.25, -0.2) is 8.78 Å². The zero-order valence-corrected chi connectivity index (χ0v) is 9.90. The van der Waals surface area contributed by atoms with Gasteiger partial charge in [0.25, 0.3) is 0 Å². The molecule has 0 aliphatic heterocycles. The zero-order valence-electron chi connectivity index (χ0n) is 9.90. The molecule has 1 heterocycles. The van der Waals surface area contributed by atoms with Gasteiger partial charge in [-0.2, -0.15) is 0 Å². The van der Waals surface area contributed by atoms with E-state index in [2.05, 4.69) is 10.2 Å². The molecule has 0 radical (unpaired) electrons. The molecule has 2 rings (SSSR count). The van der Waals surface area contributed by atoms with Gasteiger partial charge in [-0.3, -0.25) is 0 Å². The molecule has 1 N–H and O–H groups in total. The summed E-state index contributed by atoms with van der Waals surface area (Å²) in [7, 11) is 0. The minimum atomic E-state index is -0.607. The van der Waals surface area contributed by atoms with Crippen molar-refractivity contribution in [3.05, 3.63) is 47.0 Å². The Balaban J connectivity index is 2.31. The van der Waals surface area contributed by atoms with Crippen LogP contribution in [-0.4, -0.2) is 19.9 Å². The van der Waals surface area contributed by atoms with Gasteiger partial charge >= 0.3 is 0 Å². The highest BCUT2D eigenvalue weighted by Gasteiger charge is 2.12. The molecule has 2 aromatic rings. The van der Waals surface area contributed by atoms with Crippen LogP contribution in [0.15, 0.2) is 18.2 Å². The maximum absolute atomic E-state index is 13.5. The highest BCUT2D eigenvalue weighted by Crippen LogP contribution is 2.14. The Morgan fingerprint density at radius 3 is 2.56 bits per heavy atom. The summed E-state index contributed by atoms with van der Waals surface area (Å²) >= 11 is 0. The zero-order chi connectivity index (χ0) is 13.1. The third-order valence-electron chi connectivity index (χ3n) is 2.73. The van der Waals surface area contributed by atoms with Crippen LogP contribution in [0.1, 0.15) is 24.1 Å². The SMILES string of the molecule is CCn1c(CO)nnc1Cc1ccc(F)cc1F. The molecule has 0 bridgehead atoms. The molecule has 0 fully saturated rings. The van der Waals surface area contributed by atoms with Crippen molar-refractivity contribution >= 4 is 0 Å². The lowest BCUT2D eigenvalue weighted by Crippen LogP contribution is -2.07. The van der Waals surface area contributed by atoms with Crippen molar-refractivity contribution in [3.8, 4) is 0 Å². The summed E-state index contributed by atoms with van der Waals surface area (Å²) in [6.45, 7) is 2.25. The fourth-order valence-corrected chi connectivity index (χ4v) is 1.82. The summed E-state index contributed by atoms with van der Waals surface area (Å²) in [4.78, 5) is 0. The molecule has 1 aromatic heterocycles. The molecule has 6 heteroatoms. The normalized spacial score (nSPS) is 10.9.